The fraction of sp³-hybridized carbons (Fsp3) is 0.235. The quantitative estimate of drug-likeness (QED) is 0.724. The van der Waals surface area contributed by atoms with Crippen molar-refractivity contribution in [3.05, 3.63) is 54.4 Å². The van der Waals surface area contributed by atoms with Gasteiger partial charge < -0.3 is 10.4 Å². The summed E-state index contributed by atoms with van der Waals surface area (Å²) in [6.45, 7) is 5.16. The van der Waals surface area contributed by atoms with Gasteiger partial charge >= 0.3 is 0 Å². The van der Waals surface area contributed by atoms with Gasteiger partial charge in [-0.05, 0) is 42.7 Å². The van der Waals surface area contributed by atoms with Crippen molar-refractivity contribution in [1.82, 2.24) is 9.71 Å². The van der Waals surface area contributed by atoms with Crippen molar-refractivity contribution in [2.24, 2.45) is 0 Å². The molecule has 2 aromatic rings. The lowest BCUT2D eigenvalue weighted by atomic mass is 9.99. The number of hydrogen-bond donors (Lipinski definition) is 3. The molecule has 3 rings (SSSR count). The lowest BCUT2D eigenvalue weighted by molar-refractivity contribution is 0.400. The SMILES string of the molecule is C=C(O)CNS(=O)(=O)c1ccc(-c2ccnc3c2CC(C)N3)cc1. The Hall–Kier alpha value is -2.38. The summed E-state index contributed by atoms with van der Waals surface area (Å²) in [6.07, 6.45) is 2.64. The van der Waals surface area contributed by atoms with Crippen molar-refractivity contribution < 1.29 is 13.5 Å². The molecule has 1 aromatic carbocycles. The van der Waals surface area contributed by atoms with Crippen LogP contribution in [0.3, 0.4) is 0 Å². The van der Waals surface area contributed by atoms with Gasteiger partial charge in [0, 0.05) is 17.8 Å². The summed E-state index contributed by atoms with van der Waals surface area (Å²) in [5.41, 5.74) is 3.14. The fourth-order valence-electron chi connectivity index (χ4n) is 2.76. The number of pyridine rings is 1. The van der Waals surface area contributed by atoms with Crippen molar-refractivity contribution in [3.63, 3.8) is 0 Å². The molecule has 0 saturated carbocycles. The fourth-order valence-corrected chi connectivity index (χ4v) is 3.78. The molecule has 1 aliphatic rings. The Morgan fingerprint density at radius 3 is 2.75 bits per heavy atom. The van der Waals surface area contributed by atoms with E-state index in [0.29, 0.717) is 6.04 Å². The average molecular weight is 345 g/mol. The summed E-state index contributed by atoms with van der Waals surface area (Å²) < 4.78 is 26.5. The van der Waals surface area contributed by atoms with Crippen LogP contribution in [0.15, 0.2) is 53.8 Å². The third-order valence-electron chi connectivity index (χ3n) is 3.89. The first-order chi connectivity index (χ1) is 11.4. The Morgan fingerprint density at radius 2 is 2.08 bits per heavy atom. The lowest BCUT2D eigenvalue weighted by Crippen LogP contribution is -2.25. The van der Waals surface area contributed by atoms with Crippen LogP contribution in [0.2, 0.25) is 0 Å². The zero-order chi connectivity index (χ0) is 17.3. The summed E-state index contributed by atoms with van der Waals surface area (Å²) in [4.78, 5) is 4.49. The molecule has 0 spiro atoms. The predicted octanol–water partition coefficient (Wildman–Crippen LogP) is 2.46. The molecule has 1 atom stereocenters. The monoisotopic (exact) mass is 345 g/mol. The summed E-state index contributed by atoms with van der Waals surface area (Å²) in [5, 5.41) is 12.4. The highest BCUT2D eigenvalue weighted by molar-refractivity contribution is 7.89. The van der Waals surface area contributed by atoms with Crippen molar-refractivity contribution in [2.45, 2.75) is 24.3 Å². The van der Waals surface area contributed by atoms with E-state index in [4.69, 9.17) is 5.11 Å². The highest BCUT2D eigenvalue weighted by Crippen LogP contribution is 2.33. The van der Waals surface area contributed by atoms with Gasteiger partial charge in [-0.3, -0.25) is 0 Å². The molecule has 0 radical (unpaired) electrons. The van der Waals surface area contributed by atoms with Gasteiger partial charge in [-0.1, -0.05) is 18.7 Å². The van der Waals surface area contributed by atoms with Gasteiger partial charge in [0.05, 0.1) is 17.2 Å². The van der Waals surface area contributed by atoms with Crippen LogP contribution < -0.4 is 10.0 Å². The molecule has 2 heterocycles. The molecule has 126 valence electrons. The van der Waals surface area contributed by atoms with Gasteiger partial charge in [-0.25, -0.2) is 18.1 Å². The number of nitrogens with zero attached hydrogens (tertiary/aromatic N) is 1. The number of anilines is 1. The van der Waals surface area contributed by atoms with Gasteiger partial charge in [0.1, 0.15) is 5.82 Å². The zero-order valence-corrected chi connectivity index (χ0v) is 14.1. The molecule has 7 heteroatoms. The van der Waals surface area contributed by atoms with Gasteiger partial charge in [0.15, 0.2) is 0 Å². The van der Waals surface area contributed by atoms with E-state index in [1.807, 2.05) is 6.07 Å². The maximum Gasteiger partial charge on any atom is 0.240 e. The Kier molecular flexibility index (Phi) is 4.29. The number of aliphatic hydroxyl groups is 1. The van der Waals surface area contributed by atoms with E-state index < -0.39 is 10.0 Å². The minimum atomic E-state index is -3.67. The first-order valence-electron chi connectivity index (χ1n) is 7.58. The van der Waals surface area contributed by atoms with Crippen LogP contribution in [-0.4, -0.2) is 31.1 Å². The first-order valence-corrected chi connectivity index (χ1v) is 9.06. The number of fused-ring (bicyclic) bond motifs is 1. The van der Waals surface area contributed by atoms with Crippen LogP contribution in [0.1, 0.15) is 12.5 Å². The molecule has 1 unspecified atom stereocenters. The van der Waals surface area contributed by atoms with Gasteiger partial charge in [-0.15, -0.1) is 0 Å². The minimum Gasteiger partial charge on any atom is -0.512 e. The van der Waals surface area contributed by atoms with E-state index in [1.54, 1.807) is 30.5 Å². The van der Waals surface area contributed by atoms with E-state index in [0.717, 1.165) is 28.9 Å². The van der Waals surface area contributed by atoms with Crippen molar-refractivity contribution in [2.75, 3.05) is 11.9 Å². The minimum absolute atomic E-state index is 0.143. The molecule has 1 aromatic heterocycles. The summed E-state index contributed by atoms with van der Waals surface area (Å²) >= 11 is 0. The molecule has 0 amide bonds. The van der Waals surface area contributed by atoms with Gasteiger partial charge in [0.25, 0.3) is 0 Å². The molecular weight excluding hydrogens is 326 g/mol. The molecule has 0 fully saturated rings. The van der Waals surface area contributed by atoms with E-state index in [-0.39, 0.29) is 17.2 Å². The molecule has 1 aliphatic heterocycles. The van der Waals surface area contributed by atoms with Crippen LogP contribution in [0, 0.1) is 0 Å². The molecule has 0 saturated heterocycles. The van der Waals surface area contributed by atoms with Crippen LogP contribution in [0.5, 0.6) is 0 Å². The Labute approximate surface area is 141 Å². The first kappa shape index (κ1) is 16.5. The number of nitrogens with one attached hydrogen (secondary N) is 2. The van der Waals surface area contributed by atoms with Crippen molar-refractivity contribution in [1.29, 1.82) is 0 Å². The zero-order valence-electron chi connectivity index (χ0n) is 13.3. The second-order valence-corrected chi connectivity index (χ2v) is 7.62. The van der Waals surface area contributed by atoms with E-state index in [2.05, 4.69) is 28.5 Å². The van der Waals surface area contributed by atoms with Crippen molar-refractivity contribution in [3.8, 4) is 11.1 Å². The largest absolute Gasteiger partial charge is 0.512 e. The third kappa shape index (κ3) is 3.27. The number of benzene rings is 1. The second kappa shape index (κ2) is 6.26. The summed E-state index contributed by atoms with van der Waals surface area (Å²) in [6, 6.07) is 8.94. The average Bonchev–Trinajstić information content (AvgIpc) is 2.93. The van der Waals surface area contributed by atoms with Crippen LogP contribution in [0.4, 0.5) is 5.82 Å². The van der Waals surface area contributed by atoms with Gasteiger partial charge in [-0.2, -0.15) is 0 Å². The normalized spacial score (nSPS) is 16.5. The Balaban J connectivity index is 1.89. The molecular formula is C17H19N3O3S. The summed E-state index contributed by atoms with van der Waals surface area (Å²) in [7, 11) is -3.67. The highest BCUT2D eigenvalue weighted by Gasteiger charge is 2.22. The molecule has 0 bridgehead atoms. The number of aromatic nitrogens is 1. The van der Waals surface area contributed by atoms with Crippen molar-refractivity contribution >= 4 is 15.8 Å². The lowest BCUT2D eigenvalue weighted by Gasteiger charge is -2.09. The highest BCUT2D eigenvalue weighted by atomic mass is 32.2. The van der Waals surface area contributed by atoms with E-state index in [1.165, 1.54) is 0 Å². The standard InChI is InChI=1S/C17H19N3O3S/c1-11-9-16-15(7-8-18-17(16)20-11)13-3-5-14(6-4-13)24(22,23)19-10-12(2)21/h3-8,11,19,21H,2,9-10H2,1H3,(H,18,20). The Morgan fingerprint density at radius 1 is 1.38 bits per heavy atom. The van der Waals surface area contributed by atoms with Crippen LogP contribution >= 0.6 is 0 Å². The maximum atomic E-state index is 12.1. The number of hydrogen-bond acceptors (Lipinski definition) is 5. The predicted molar refractivity (Wildman–Crippen MR) is 93.4 cm³/mol. The number of aliphatic hydroxyl groups excluding tert-OH is 1. The van der Waals surface area contributed by atoms with Gasteiger partial charge in [0.2, 0.25) is 10.0 Å². The van der Waals surface area contributed by atoms with Crippen LogP contribution in [-0.2, 0) is 16.4 Å². The summed E-state index contributed by atoms with van der Waals surface area (Å²) in [5.74, 6) is 0.656. The Bertz CT molecular complexity index is 876. The molecule has 3 N–H and O–H groups in total. The maximum absolute atomic E-state index is 12.1. The topological polar surface area (TPSA) is 91.3 Å². The number of sulfonamides is 1. The molecule has 24 heavy (non-hydrogen) atoms. The second-order valence-electron chi connectivity index (χ2n) is 5.85. The van der Waals surface area contributed by atoms with Crippen LogP contribution in [0.25, 0.3) is 11.1 Å². The third-order valence-corrected chi connectivity index (χ3v) is 5.31. The van der Waals surface area contributed by atoms with E-state index >= 15 is 0 Å². The van der Waals surface area contributed by atoms with E-state index in [9.17, 15) is 8.42 Å². The number of rotatable bonds is 5. The smallest absolute Gasteiger partial charge is 0.240 e. The molecule has 0 aliphatic carbocycles. The molecule has 6 nitrogen and oxygen atoms in total.